The van der Waals surface area contributed by atoms with Crippen LogP contribution in [0.5, 0.6) is 0 Å². The lowest BCUT2D eigenvalue weighted by molar-refractivity contribution is 0.150. The van der Waals surface area contributed by atoms with Crippen molar-refractivity contribution >= 4 is 0 Å². The normalized spacial score (nSPS) is 11.8. The zero-order chi connectivity index (χ0) is 15.1. The molecule has 0 atom stereocenters. The number of hydrogen-bond donors (Lipinski definition) is 1. The number of imidazole rings is 1. The second kappa shape index (κ2) is 7.38. The summed E-state index contributed by atoms with van der Waals surface area (Å²) in [6.45, 7) is 7.22. The lowest BCUT2D eigenvalue weighted by atomic mass is 9.89. The van der Waals surface area contributed by atoms with Gasteiger partial charge in [-0.2, -0.15) is 0 Å². The van der Waals surface area contributed by atoms with E-state index in [1.165, 1.54) is 5.56 Å². The van der Waals surface area contributed by atoms with Crippen LogP contribution in [0, 0.1) is 5.41 Å². The standard InChI is InChI=1S/C17H25N3O/c1-17(2,8-11-21-3)13-19-12-15-4-6-16(7-5-15)20-10-9-18-14-20/h4-7,9-10,14,19H,8,11-13H2,1-3H3. The van der Waals surface area contributed by atoms with Gasteiger partial charge in [-0.25, -0.2) is 4.98 Å². The number of nitrogens with one attached hydrogen (secondary N) is 1. The molecule has 0 saturated heterocycles. The first kappa shape index (κ1) is 15.7. The van der Waals surface area contributed by atoms with Crippen molar-refractivity contribution < 1.29 is 4.74 Å². The maximum absolute atomic E-state index is 5.16. The Morgan fingerprint density at radius 2 is 2.00 bits per heavy atom. The molecule has 4 nitrogen and oxygen atoms in total. The van der Waals surface area contributed by atoms with Crippen LogP contribution in [-0.4, -0.2) is 29.8 Å². The zero-order valence-corrected chi connectivity index (χ0v) is 13.2. The highest BCUT2D eigenvalue weighted by Crippen LogP contribution is 2.19. The van der Waals surface area contributed by atoms with Crippen LogP contribution >= 0.6 is 0 Å². The van der Waals surface area contributed by atoms with E-state index in [9.17, 15) is 0 Å². The van der Waals surface area contributed by atoms with Crippen LogP contribution in [0.15, 0.2) is 43.0 Å². The first-order chi connectivity index (χ1) is 10.1. The Bertz CT molecular complexity index is 517. The summed E-state index contributed by atoms with van der Waals surface area (Å²) in [5, 5.41) is 3.53. The molecule has 0 bridgehead atoms. The molecule has 2 rings (SSSR count). The number of nitrogens with zero attached hydrogens (tertiary/aromatic N) is 2. The van der Waals surface area contributed by atoms with Gasteiger partial charge < -0.3 is 14.6 Å². The number of hydrogen-bond acceptors (Lipinski definition) is 3. The van der Waals surface area contributed by atoms with Crippen molar-refractivity contribution in [3.05, 3.63) is 48.5 Å². The third kappa shape index (κ3) is 4.99. The molecule has 0 amide bonds. The molecule has 21 heavy (non-hydrogen) atoms. The summed E-state index contributed by atoms with van der Waals surface area (Å²) in [7, 11) is 1.76. The first-order valence-electron chi connectivity index (χ1n) is 7.38. The van der Waals surface area contributed by atoms with E-state index in [2.05, 4.69) is 48.4 Å². The zero-order valence-electron chi connectivity index (χ0n) is 13.2. The van der Waals surface area contributed by atoms with Crippen molar-refractivity contribution in [1.29, 1.82) is 0 Å². The molecule has 1 N–H and O–H groups in total. The maximum atomic E-state index is 5.16. The summed E-state index contributed by atoms with van der Waals surface area (Å²) in [6.07, 6.45) is 6.62. The maximum Gasteiger partial charge on any atom is 0.0991 e. The fourth-order valence-corrected chi connectivity index (χ4v) is 2.21. The van der Waals surface area contributed by atoms with Gasteiger partial charge in [0.15, 0.2) is 0 Å². The minimum Gasteiger partial charge on any atom is -0.385 e. The van der Waals surface area contributed by atoms with Crippen LogP contribution in [0.4, 0.5) is 0 Å². The number of ether oxygens (including phenoxy) is 1. The third-order valence-corrected chi connectivity index (χ3v) is 3.65. The smallest absolute Gasteiger partial charge is 0.0991 e. The Kier molecular flexibility index (Phi) is 5.53. The van der Waals surface area contributed by atoms with E-state index >= 15 is 0 Å². The minimum atomic E-state index is 0.257. The summed E-state index contributed by atoms with van der Waals surface area (Å²) in [4.78, 5) is 4.06. The largest absolute Gasteiger partial charge is 0.385 e. The molecule has 0 aliphatic carbocycles. The Labute approximate surface area is 127 Å². The van der Waals surface area contributed by atoms with E-state index in [1.54, 1.807) is 13.3 Å². The highest BCUT2D eigenvalue weighted by Gasteiger charge is 2.16. The highest BCUT2D eigenvalue weighted by atomic mass is 16.5. The summed E-state index contributed by atoms with van der Waals surface area (Å²) in [5.74, 6) is 0. The van der Waals surface area contributed by atoms with Crippen molar-refractivity contribution in [2.75, 3.05) is 20.3 Å². The number of benzene rings is 1. The van der Waals surface area contributed by atoms with E-state index in [0.29, 0.717) is 0 Å². The van der Waals surface area contributed by atoms with Crippen molar-refractivity contribution in [3.63, 3.8) is 0 Å². The molecular weight excluding hydrogens is 262 g/mol. The van der Waals surface area contributed by atoms with Gasteiger partial charge in [0.25, 0.3) is 0 Å². The molecule has 0 aliphatic rings. The first-order valence-corrected chi connectivity index (χ1v) is 7.38. The van der Waals surface area contributed by atoms with E-state index in [0.717, 1.165) is 31.8 Å². The van der Waals surface area contributed by atoms with Gasteiger partial charge in [-0.3, -0.25) is 0 Å². The van der Waals surface area contributed by atoms with Gasteiger partial charge in [0.05, 0.1) is 6.33 Å². The van der Waals surface area contributed by atoms with Gasteiger partial charge >= 0.3 is 0 Å². The fraction of sp³-hybridized carbons (Fsp3) is 0.471. The van der Waals surface area contributed by atoms with Crippen LogP contribution in [0.1, 0.15) is 25.8 Å². The lowest BCUT2D eigenvalue weighted by Crippen LogP contribution is -2.30. The molecule has 1 heterocycles. The Morgan fingerprint density at radius 1 is 1.24 bits per heavy atom. The predicted octanol–water partition coefficient (Wildman–Crippen LogP) is 3.02. The second-order valence-electron chi connectivity index (χ2n) is 6.15. The van der Waals surface area contributed by atoms with Crippen LogP contribution in [0.3, 0.4) is 0 Å². The van der Waals surface area contributed by atoms with Gasteiger partial charge in [0, 0.05) is 44.9 Å². The quantitative estimate of drug-likeness (QED) is 0.811. The molecule has 1 aromatic carbocycles. The fourth-order valence-electron chi connectivity index (χ4n) is 2.21. The second-order valence-corrected chi connectivity index (χ2v) is 6.15. The number of aromatic nitrogens is 2. The van der Waals surface area contributed by atoms with Gasteiger partial charge in [0.2, 0.25) is 0 Å². The third-order valence-electron chi connectivity index (χ3n) is 3.65. The SMILES string of the molecule is COCCC(C)(C)CNCc1ccc(-n2ccnc2)cc1. The molecule has 0 fully saturated rings. The minimum absolute atomic E-state index is 0.257. The monoisotopic (exact) mass is 287 g/mol. The van der Waals surface area contributed by atoms with Crippen molar-refractivity contribution in [3.8, 4) is 5.69 Å². The highest BCUT2D eigenvalue weighted by molar-refractivity contribution is 5.34. The molecule has 0 saturated carbocycles. The average Bonchev–Trinajstić information content (AvgIpc) is 3.00. The molecule has 0 aliphatic heterocycles. The summed E-state index contributed by atoms with van der Waals surface area (Å²) >= 11 is 0. The summed E-state index contributed by atoms with van der Waals surface area (Å²) < 4.78 is 7.16. The lowest BCUT2D eigenvalue weighted by Gasteiger charge is -2.24. The molecule has 0 radical (unpaired) electrons. The van der Waals surface area contributed by atoms with Gasteiger partial charge in [-0.05, 0) is 29.5 Å². The van der Waals surface area contributed by atoms with Gasteiger partial charge in [-0.1, -0.05) is 26.0 Å². The topological polar surface area (TPSA) is 39.1 Å². The summed E-state index contributed by atoms with van der Waals surface area (Å²) in [6, 6.07) is 8.55. The molecule has 0 spiro atoms. The molecular formula is C17H25N3O. The van der Waals surface area contributed by atoms with Gasteiger partial charge in [-0.15, -0.1) is 0 Å². The molecule has 0 unspecified atom stereocenters. The summed E-state index contributed by atoms with van der Waals surface area (Å²) in [5.41, 5.74) is 2.69. The van der Waals surface area contributed by atoms with Crippen LogP contribution in [0.25, 0.3) is 5.69 Å². The Morgan fingerprint density at radius 3 is 2.62 bits per heavy atom. The van der Waals surface area contributed by atoms with E-state index in [4.69, 9.17) is 4.74 Å². The van der Waals surface area contributed by atoms with Crippen LogP contribution in [-0.2, 0) is 11.3 Å². The molecule has 114 valence electrons. The number of rotatable bonds is 8. The Hall–Kier alpha value is -1.65. The van der Waals surface area contributed by atoms with Crippen LogP contribution < -0.4 is 5.32 Å². The number of methoxy groups -OCH3 is 1. The average molecular weight is 287 g/mol. The van der Waals surface area contributed by atoms with E-state index < -0.39 is 0 Å². The molecule has 2 aromatic rings. The van der Waals surface area contributed by atoms with Crippen LogP contribution in [0.2, 0.25) is 0 Å². The predicted molar refractivity (Wildman–Crippen MR) is 85.5 cm³/mol. The van der Waals surface area contributed by atoms with Gasteiger partial charge in [0.1, 0.15) is 0 Å². The van der Waals surface area contributed by atoms with E-state index in [1.807, 2.05) is 17.1 Å². The van der Waals surface area contributed by atoms with Crippen molar-refractivity contribution in [1.82, 2.24) is 14.9 Å². The Balaban J connectivity index is 1.81. The molecule has 4 heteroatoms. The van der Waals surface area contributed by atoms with Crippen molar-refractivity contribution in [2.45, 2.75) is 26.8 Å². The molecule has 1 aromatic heterocycles. The van der Waals surface area contributed by atoms with E-state index in [-0.39, 0.29) is 5.41 Å². The van der Waals surface area contributed by atoms with Crippen molar-refractivity contribution in [2.24, 2.45) is 5.41 Å².